The average molecular weight is 283 g/mol. The van der Waals surface area contributed by atoms with E-state index in [1.54, 1.807) is 6.20 Å². The number of hydrogen-bond donors (Lipinski definition) is 2. The van der Waals surface area contributed by atoms with Gasteiger partial charge >= 0.3 is 0 Å². The molecule has 1 heterocycles. The van der Waals surface area contributed by atoms with Crippen molar-refractivity contribution in [3.63, 3.8) is 0 Å². The van der Waals surface area contributed by atoms with E-state index in [0.29, 0.717) is 12.2 Å². The van der Waals surface area contributed by atoms with E-state index in [-0.39, 0.29) is 4.90 Å². The van der Waals surface area contributed by atoms with E-state index < -0.39 is 21.9 Å². The number of H-pyrrole nitrogens is 1. The zero-order valence-corrected chi connectivity index (χ0v) is 11.1. The lowest BCUT2D eigenvalue weighted by molar-refractivity contribution is 0.527. The number of aromatic amines is 1. The van der Waals surface area contributed by atoms with Crippen LogP contribution in [0.25, 0.3) is 0 Å². The van der Waals surface area contributed by atoms with Crippen molar-refractivity contribution >= 4 is 10.0 Å². The van der Waals surface area contributed by atoms with E-state index in [0.717, 1.165) is 6.07 Å². The Labute approximate surface area is 110 Å². The Balaban J connectivity index is 2.29. The van der Waals surface area contributed by atoms with Crippen LogP contribution in [-0.4, -0.2) is 18.4 Å². The van der Waals surface area contributed by atoms with Crippen LogP contribution in [0.4, 0.5) is 4.39 Å². The van der Waals surface area contributed by atoms with Gasteiger partial charge in [0.25, 0.3) is 0 Å². The van der Waals surface area contributed by atoms with Crippen LogP contribution < -0.4 is 4.72 Å². The summed E-state index contributed by atoms with van der Waals surface area (Å²) in [4.78, 5) is 6.50. The number of rotatable bonds is 5. The Bertz CT molecular complexity index is 641. The number of nitrogens with one attached hydrogen (secondary N) is 2. The number of hydrogen-bond acceptors (Lipinski definition) is 3. The molecule has 2 N–H and O–H groups in total. The Morgan fingerprint density at radius 1 is 1.42 bits per heavy atom. The standard InChI is InChI=1S/C12H14FN3O2S/c1-2-10(12-14-7-8-15-12)16-19(17,18)11-6-4-3-5-9(11)13/h3-8,10,16H,2H2,1H3,(H,14,15). The predicted octanol–water partition coefficient (Wildman–Crippen LogP) is 1.98. The van der Waals surface area contributed by atoms with Gasteiger partial charge in [-0.2, -0.15) is 0 Å². The molecule has 0 bridgehead atoms. The van der Waals surface area contributed by atoms with Crippen molar-refractivity contribution in [1.29, 1.82) is 0 Å². The molecule has 0 amide bonds. The molecule has 2 rings (SSSR count). The first-order chi connectivity index (χ1) is 9.04. The molecule has 0 saturated carbocycles. The maximum atomic E-state index is 13.5. The van der Waals surface area contributed by atoms with Crippen LogP contribution in [0, 0.1) is 5.82 Å². The van der Waals surface area contributed by atoms with E-state index in [2.05, 4.69) is 14.7 Å². The molecule has 1 aromatic carbocycles. The molecule has 102 valence electrons. The van der Waals surface area contributed by atoms with Crippen LogP contribution in [0.2, 0.25) is 0 Å². The van der Waals surface area contributed by atoms with Crippen molar-refractivity contribution < 1.29 is 12.8 Å². The molecule has 1 unspecified atom stereocenters. The van der Waals surface area contributed by atoms with Gasteiger partial charge in [0.1, 0.15) is 16.5 Å². The third kappa shape index (κ3) is 2.99. The highest BCUT2D eigenvalue weighted by atomic mass is 32.2. The molecule has 1 aromatic heterocycles. The van der Waals surface area contributed by atoms with E-state index in [4.69, 9.17) is 0 Å². The number of halogens is 1. The van der Waals surface area contributed by atoms with Crippen LogP contribution in [0.15, 0.2) is 41.6 Å². The summed E-state index contributed by atoms with van der Waals surface area (Å²) in [6.07, 6.45) is 3.64. The molecule has 0 aliphatic heterocycles. The van der Waals surface area contributed by atoms with E-state index in [1.807, 2.05) is 6.92 Å². The Hall–Kier alpha value is -1.73. The second-order valence-electron chi connectivity index (χ2n) is 3.99. The lowest BCUT2D eigenvalue weighted by Crippen LogP contribution is -2.29. The summed E-state index contributed by atoms with van der Waals surface area (Å²) >= 11 is 0. The molecular formula is C12H14FN3O2S. The minimum absolute atomic E-state index is 0.361. The van der Waals surface area contributed by atoms with Crippen molar-refractivity contribution in [2.45, 2.75) is 24.3 Å². The van der Waals surface area contributed by atoms with Crippen LogP contribution >= 0.6 is 0 Å². The molecule has 5 nitrogen and oxygen atoms in total. The molecule has 2 aromatic rings. The first kappa shape index (κ1) is 13.7. The average Bonchev–Trinajstić information content (AvgIpc) is 2.90. The molecule has 1 atom stereocenters. The van der Waals surface area contributed by atoms with Gasteiger partial charge in [-0.3, -0.25) is 0 Å². The summed E-state index contributed by atoms with van der Waals surface area (Å²) < 4.78 is 40.2. The Morgan fingerprint density at radius 2 is 2.16 bits per heavy atom. The topological polar surface area (TPSA) is 74.8 Å². The summed E-state index contributed by atoms with van der Waals surface area (Å²) in [7, 11) is -3.91. The van der Waals surface area contributed by atoms with Crippen molar-refractivity contribution in [1.82, 2.24) is 14.7 Å². The molecule has 19 heavy (non-hydrogen) atoms. The van der Waals surface area contributed by atoms with E-state index >= 15 is 0 Å². The minimum atomic E-state index is -3.91. The zero-order valence-electron chi connectivity index (χ0n) is 10.3. The molecule has 0 fully saturated rings. The lowest BCUT2D eigenvalue weighted by Gasteiger charge is -2.15. The fraction of sp³-hybridized carbons (Fsp3) is 0.250. The summed E-state index contributed by atoms with van der Waals surface area (Å²) in [5.74, 6) is -0.272. The number of benzene rings is 1. The molecule has 0 spiro atoms. The third-order valence-electron chi connectivity index (χ3n) is 2.68. The molecular weight excluding hydrogens is 269 g/mol. The fourth-order valence-electron chi connectivity index (χ4n) is 1.71. The second kappa shape index (κ2) is 5.50. The van der Waals surface area contributed by atoms with Gasteiger partial charge in [0.2, 0.25) is 10.0 Å². The molecule has 0 aliphatic carbocycles. The largest absolute Gasteiger partial charge is 0.347 e. The van der Waals surface area contributed by atoms with Crippen molar-refractivity contribution in [3.05, 3.63) is 48.3 Å². The molecule has 0 saturated heterocycles. The van der Waals surface area contributed by atoms with Gasteiger partial charge in [0, 0.05) is 12.4 Å². The van der Waals surface area contributed by atoms with Gasteiger partial charge in [-0.05, 0) is 18.6 Å². The summed E-state index contributed by atoms with van der Waals surface area (Å²) in [6.45, 7) is 1.82. The predicted molar refractivity (Wildman–Crippen MR) is 68.3 cm³/mol. The summed E-state index contributed by atoms with van der Waals surface area (Å²) in [5, 5.41) is 0. The quantitative estimate of drug-likeness (QED) is 0.881. The van der Waals surface area contributed by atoms with Gasteiger partial charge in [-0.1, -0.05) is 19.1 Å². The van der Waals surface area contributed by atoms with Gasteiger partial charge in [0.15, 0.2) is 0 Å². The van der Waals surface area contributed by atoms with Crippen LogP contribution in [0.1, 0.15) is 25.2 Å². The monoisotopic (exact) mass is 283 g/mol. The summed E-state index contributed by atoms with van der Waals surface area (Å²) in [6, 6.07) is 4.75. The first-order valence-electron chi connectivity index (χ1n) is 5.80. The zero-order chi connectivity index (χ0) is 13.9. The highest BCUT2D eigenvalue weighted by molar-refractivity contribution is 7.89. The highest BCUT2D eigenvalue weighted by Gasteiger charge is 2.24. The maximum Gasteiger partial charge on any atom is 0.244 e. The SMILES string of the molecule is CCC(NS(=O)(=O)c1ccccc1F)c1ncc[nH]1. The minimum Gasteiger partial charge on any atom is -0.347 e. The lowest BCUT2D eigenvalue weighted by atomic mass is 10.2. The van der Waals surface area contributed by atoms with Crippen molar-refractivity contribution in [2.75, 3.05) is 0 Å². The van der Waals surface area contributed by atoms with Gasteiger partial charge in [-0.25, -0.2) is 22.5 Å². The van der Waals surface area contributed by atoms with Crippen molar-refractivity contribution in [3.8, 4) is 0 Å². The van der Waals surface area contributed by atoms with E-state index in [9.17, 15) is 12.8 Å². The highest BCUT2D eigenvalue weighted by Crippen LogP contribution is 2.19. The van der Waals surface area contributed by atoms with E-state index in [1.165, 1.54) is 24.4 Å². The van der Waals surface area contributed by atoms with Crippen molar-refractivity contribution in [2.24, 2.45) is 0 Å². The molecule has 0 aliphatic rings. The number of nitrogens with zero attached hydrogens (tertiary/aromatic N) is 1. The number of sulfonamides is 1. The Morgan fingerprint density at radius 3 is 2.74 bits per heavy atom. The number of aromatic nitrogens is 2. The van der Waals surface area contributed by atoms with Crippen LogP contribution in [-0.2, 0) is 10.0 Å². The van der Waals surface area contributed by atoms with Crippen LogP contribution in [0.3, 0.4) is 0 Å². The second-order valence-corrected chi connectivity index (χ2v) is 5.67. The molecule has 0 radical (unpaired) electrons. The van der Waals surface area contributed by atoms with Gasteiger partial charge in [-0.15, -0.1) is 0 Å². The first-order valence-corrected chi connectivity index (χ1v) is 7.29. The normalized spacial score (nSPS) is 13.4. The number of imidazole rings is 1. The fourth-order valence-corrected chi connectivity index (χ4v) is 3.08. The van der Waals surface area contributed by atoms with Crippen LogP contribution in [0.5, 0.6) is 0 Å². The Kier molecular flexibility index (Phi) is 3.96. The van der Waals surface area contributed by atoms with Gasteiger partial charge < -0.3 is 4.98 Å². The molecule has 7 heteroatoms. The summed E-state index contributed by atoms with van der Waals surface area (Å²) in [5.41, 5.74) is 0. The van der Waals surface area contributed by atoms with Gasteiger partial charge in [0.05, 0.1) is 6.04 Å². The smallest absolute Gasteiger partial charge is 0.244 e. The maximum absolute atomic E-state index is 13.5. The third-order valence-corrected chi connectivity index (χ3v) is 4.19.